The van der Waals surface area contributed by atoms with E-state index in [0.29, 0.717) is 6.04 Å². The number of nitrogens with two attached hydrogens (primary N) is 1. The third-order valence-corrected chi connectivity index (χ3v) is 6.32. The number of aliphatic hydroxyl groups is 1. The van der Waals surface area contributed by atoms with Crippen LogP contribution in [0.25, 0.3) is 5.70 Å². The standard InChI is InChI=1S/C24H33N7O/c1-17(13-21(8-10-25)31-12-11-26-18(31)2)23(32)28-19-5-4-9-24(3,14-19)22-15-30(16-27-29-22)20-6-7-20/h4-5,8,10-14,16-17,20,23,28,32H,6-7,9,15,25H2,1-3H3/b10-8-,21-13+. The fourth-order valence-corrected chi connectivity index (χ4v) is 4.13. The van der Waals surface area contributed by atoms with Gasteiger partial charge in [0.15, 0.2) is 0 Å². The summed E-state index contributed by atoms with van der Waals surface area (Å²) in [6, 6.07) is 0.610. The lowest BCUT2D eigenvalue weighted by Gasteiger charge is -2.34. The smallest absolute Gasteiger partial charge is 0.130 e. The third-order valence-electron chi connectivity index (χ3n) is 6.32. The van der Waals surface area contributed by atoms with E-state index < -0.39 is 6.23 Å². The number of hydrogen-bond donors (Lipinski definition) is 3. The maximum atomic E-state index is 10.9. The summed E-state index contributed by atoms with van der Waals surface area (Å²) in [5.74, 6) is 0.682. The molecular formula is C24H33N7O. The average Bonchev–Trinajstić information content (AvgIpc) is 3.54. The zero-order valence-electron chi connectivity index (χ0n) is 19.0. The van der Waals surface area contributed by atoms with E-state index in [2.05, 4.69) is 44.5 Å². The molecule has 1 aromatic rings. The number of imidazole rings is 1. The quantitative estimate of drug-likeness (QED) is 0.430. The Bertz CT molecular complexity index is 1010. The Morgan fingerprint density at radius 3 is 2.91 bits per heavy atom. The largest absolute Gasteiger partial charge is 0.405 e. The number of nitrogens with zero attached hydrogens (tertiary/aromatic N) is 5. The molecule has 1 aliphatic heterocycles. The van der Waals surface area contributed by atoms with Gasteiger partial charge in [-0.05, 0) is 50.6 Å². The predicted octanol–water partition coefficient (Wildman–Crippen LogP) is 2.76. The minimum Gasteiger partial charge on any atom is -0.405 e. The van der Waals surface area contributed by atoms with Gasteiger partial charge in [-0.1, -0.05) is 26.0 Å². The fraction of sp³-hybridized carbons (Fsp3) is 0.458. The van der Waals surface area contributed by atoms with Crippen molar-refractivity contribution in [1.29, 1.82) is 0 Å². The average molecular weight is 436 g/mol. The highest BCUT2D eigenvalue weighted by Crippen LogP contribution is 2.34. The van der Waals surface area contributed by atoms with E-state index in [-0.39, 0.29) is 11.3 Å². The summed E-state index contributed by atoms with van der Waals surface area (Å²) in [4.78, 5) is 6.56. The van der Waals surface area contributed by atoms with Gasteiger partial charge in [0.05, 0.1) is 12.3 Å². The Kier molecular flexibility index (Phi) is 6.32. The number of aromatic nitrogens is 2. The van der Waals surface area contributed by atoms with Gasteiger partial charge < -0.3 is 25.6 Å². The van der Waals surface area contributed by atoms with Crippen molar-refractivity contribution in [2.24, 2.45) is 27.3 Å². The van der Waals surface area contributed by atoms with Gasteiger partial charge in [0.1, 0.15) is 18.4 Å². The molecule has 0 bridgehead atoms. The molecule has 0 spiro atoms. The summed E-state index contributed by atoms with van der Waals surface area (Å²) >= 11 is 0. The van der Waals surface area contributed by atoms with Crippen LogP contribution in [0.15, 0.2) is 64.9 Å². The second-order valence-corrected chi connectivity index (χ2v) is 9.05. The number of allylic oxidation sites excluding steroid dienone is 5. The van der Waals surface area contributed by atoms with Crippen LogP contribution in [0.4, 0.5) is 0 Å². The van der Waals surface area contributed by atoms with Crippen LogP contribution in [-0.4, -0.2) is 50.4 Å². The van der Waals surface area contributed by atoms with E-state index in [9.17, 15) is 5.11 Å². The molecule has 4 rings (SSSR count). The van der Waals surface area contributed by atoms with Gasteiger partial charge in [-0.2, -0.15) is 5.10 Å². The van der Waals surface area contributed by atoms with Crippen molar-refractivity contribution in [1.82, 2.24) is 19.8 Å². The molecule has 8 nitrogen and oxygen atoms in total. The molecule has 1 fully saturated rings. The molecule has 2 heterocycles. The monoisotopic (exact) mass is 435 g/mol. The molecule has 0 radical (unpaired) electrons. The highest BCUT2D eigenvalue weighted by molar-refractivity contribution is 5.96. The van der Waals surface area contributed by atoms with Crippen LogP contribution in [0.1, 0.15) is 38.9 Å². The van der Waals surface area contributed by atoms with E-state index in [4.69, 9.17) is 5.73 Å². The molecule has 0 amide bonds. The number of nitrogens with one attached hydrogen (secondary N) is 1. The van der Waals surface area contributed by atoms with E-state index in [1.54, 1.807) is 6.20 Å². The zero-order valence-corrected chi connectivity index (χ0v) is 19.0. The van der Waals surface area contributed by atoms with Gasteiger partial charge in [-0.3, -0.25) is 0 Å². The van der Waals surface area contributed by atoms with Crippen LogP contribution in [0, 0.1) is 18.3 Å². The molecule has 3 aliphatic rings. The Balaban J connectivity index is 1.47. The molecule has 3 atom stereocenters. The maximum absolute atomic E-state index is 10.9. The lowest BCUT2D eigenvalue weighted by Crippen LogP contribution is -2.42. The van der Waals surface area contributed by atoms with Gasteiger partial charge >= 0.3 is 0 Å². The van der Waals surface area contributed by atoms with Gasteiger partial charge in [0.25, 0.3) is 0 Å². The minimum atomic E-state index is -0.771. The first-order valence-corrected chi connectivity index (χ1v) is 11.2. The number of aliphatic hydroxyl groups excluding tert-OH is 1. The molecule has 2 aliphatic carbocycles. The molecule has 1 saturated carbocycles. The minimum absolute atomic E-state index is 0.174. The molecule has 3 unspecified atom stereocenters. The second-order valence-electron chi connectivity index (χ2n) is 9.05. The Hall–Kier alpha value is -3.13. The summed E-state index contributed by atoms with van der Waals surface area (Å²) in [7, 11) is 0. The first kappa shape index (κ1) is 22.1. The topological polar surface area (TPSA) is 104 Å². The lowest BCUT2D eigenvalue weighted by molar-refractivity contribution is 0.114. The molecule has 32 heavy (non-hydrogen) atoms. The molecule has 0 saturated heterocycles. The molecule has 1 aromatic heterocycles. The van der Waals surface area contributed by atoms with Crippen LogP contribution in [-0.2, 0) is 0 Å². The van der Waals surface area contributed by atoms with E-state index in [1.807, 2.05) is 49.2 Å². The van der Waals surface area contributed by atoms with Crippen molar-refractivity contribution in [2.45, 2.75) is 52.3 Å². The Labute approximate surface area is 189 Å². The summed E-state index contributed by atoms with van der Waals surface area (Å²) in [5.41, 5.74) is 8.22. The van der Waals surface area contributed by atoms with Gasteiger partial charge in [0.2, 0.25) is 0 Å². The van der Waals surface area contributed by atoms with E-state index >= 15 is 0 Å². The van der Waals surface area contributed by atoms with Crippen molar-refractivity contribution in [2.75, 3.05) is 6.54 Å². The zero-order chi connectivity index (χ0) is 22.7. The highest BCUT2D eigenvalue weighted by Gasteiger charge is 2.36. The summed E-state index contributed by atoms with van der Waals surface area (Å²) in [5, 5.41) is 22.9. The van der Waals surface area contributed by atoms with E-state index in [1.165, 1.54) is 19.0 Å². The van der Waals surface area contributed by atoms with Crippen molar-refractivity contribution in [3.63, 3.8) is 0 Å². The van der Waals surface area contributed by atoms with E-state index in [0.717, 1.165) is 35.9 Å². The van der Waals surface area contributed by atoms with Crippen molar-refractivity contribution >= 4 is 17.7 Å². The van der Waals surface area contributed by atoms with Crippen molar-refractivity contribution in [3.05, 3.63) is 60.5 Å². The SMILES string of the molecule is Cc1nccn1C(/C=C\N)=C/C(C)C(O)NC1=CC(C)(C2=NN=CN(C3CC3)C2)CC=C1. The predicted molar refractivity (Wildman–Crippen MR) is 128 cm³/mol. The van der Waals surface area contributed by atoms with Crippen molar-refractivity contribution in [3.8, 4) is 0 Å². The normalized spacial score (nSPS) is 25.6. The maximum Gasteiger partial charge on any atom is 0.130 e. The number of aryl methyl sites for hydroxylation is 1. The summed E-state index contributed by atoms with van der Waals surface area (Å²) in [6.07, 6.45) is 19.6. The van der Waals surface area contributed by atoms with Crippen LogP contribution in [0.5, 0.6) is 0 Å². The second kappa shape index (κ2) is 9.16. The summed E-state index contributed by atoms with van der Waals surface area (Å²) < 4.78 is 1.94. The van der Waals surface area contributed by atoms with Crippen LogP contribution in [0.2, 0.25) is 0 Å². The number of hydrogen-bond acceptors (Lipinski definition) is 7. The third kappa shape index (κ3) is 4.85. The molecule has 4 N–H and O–H groups in total. The van der Waals surface area contributed by atoms with Crippen LogP contribution < -0.4 is 11.1 Å². The first-order valence-electron chi connectivity index (χ1n) is 11.2. The Morgan fingerprint density at radius 2 is 2.22 bits per heavy atom. The fourth-order valence-electron chi connectivity index (χ4n) is 4.13. The summed E-state index contributed by atoms with van der Waals surface area (Å²) in [6.45, 7) is 6.89. The van der Waals surface area contributed by atoms with Crippen LogP contribution in [0.3, 0.4) is 0 Å². The van der Waals surface area contributed by atoms with Gasteiger partial charge in [0, 0.05) is 41.2 Å². The highest BCUT2D eigenvalue weighted by atomic mass is 16.3. The molecule has 8 heteroatoms. The van der Waals surface area contributed by atoms with Gasteiger partial charge in [-0.25, -0.2) is 4.98 Å². The first-order chi connectivity index (χ1) is 15.4. The molecular weight excluding hydrogens is 402 g/mol. The van der Waals surface area contributed by atoms with Gasteiger partial charge in [-0.15, -0.1) is 5.10 Å². The van der Waals surface area contributed by atoms with Crippen molar-refractivity contribution < 1.29 is 5.11 Å². The van der Waals surface area contributed by atoms with Crippen LogP contribution >= 0.6 is 0 Å². The Morgan fingerprint density at radius 1 is 1.41 bits per heavy atom. The lowest BCUT2D eigenvalue weighted by atomic mass is 9.78. The molecule has 0 aromatic carbocycles. The number of rotatable bonds is 8. The molecule has 170 valence electrons.